The topological polar surface area (TPSA) is 4.93 Å². The van der Waals surface area contributed by atoms with Crippen molar-refractivity contribution < 1.29 is 0 Å². The van der Waals surface area contributed by atoms with Crippen LogP contribution in [0.25, 0.3) is 10.9 Å². The third-order valence-corrected chi connectivity index (χ3v) is 3.62. The lowest BCUT2D eigenvalue weighted by Crippen LogP contribution is -1.93. The first-order valence-electron chi connectivity index (χ1n) is 4.46. The average Bonchev–Trinajstić information content (AvgIpc) is 2.46. The first-order chi connectivity index (χ1) is 6.74. The van der Waals surface area contributed by atoms with Gasteiger partial charge in [0.05, 0.1) is 5.52 Å². The van der Waals surface area contributed by atoms with E-state index in [9.17, 15) is 0 Å². The van der Waals surface area contributed by atoms with Crippen molar-refractivity contribution in [2.45, 2.75) is 5.75 Å². The molecule has 0 fully saturated rings. The summed E-state index contributed by atoms with van der Waals surface area (Å²) < 4.78 is 3.43. The van der Waals surface area contributed by atoms with Gasteiger partial charge in [0, 0.05) is 28.4 Å². The van der Waals surface area contributed by atoms with Gasteiger partial charge < -0.3 is 4.57 Å². The first-order valence-corrected chi connectivity index (χ1v) is 6.64. The minimum atomic E-state index is 1.07. The van der Waals surface area contributed by atoms with Gasteiger partial charge in [-0.3, -0.25) is 0 Å². The summed E-state index contributed by atoms with van der Waals surface area (Å²) in [5.74, 6) is 1.07. The summed E-state index contributed by atoms with van der Waals surface area (Å²) in [6.45, 7) is 0. The fourth-order valence-electron chi connectivity index (χ4n) is 1.71. The van der Waals surface area contributed by atoms with Gasteiger partial charge in [-0.1, -0.05) is 12.1 Å². The van der Waals surface area contributed by atoms with Crippen molar-refractivity contribution in [1.29, 1.82) is 0 Å². The van der Waals surface area contributed by atoms with Crippen LogP contribution in [0.5, 0.6) is 0 Å². The highest BCUT2D eigenvalue weighted by Crippen LogP contribution is 2.27. The van der Waals surface area contributed by atoms with E-state index in [-0.39, 0.29) is 0 Å². The van der Waals surface area contributed by atoms with Crippen LogP contribution in [0.15, 0.2) is 28.7 Å². The Morgan fingerprint density at radius 2 is 2.21 bits per heavy atom. The van der Waals surface area contributed by atoms with Crippen molar-refractivity contribution in [2.24, 2.45) is 7.05 Å². The SMILES string of the molecule is CSCc1cc2cccc(Br)c2n1C. The van der Waals surface area contributed by atoms with Crippen molar-refractivity contribution in [3.63, 3.8) is 0 Å². The summed E-state index contributed by atoms with van der Waals surface area (Å²) in [5.41, 5.74) is 2.66. The predicted octanol–water partition coefficient (Wildman–Crippen LogP) is 3.80. The number of nitrogens with zero attached hydrogens (tertiary/aromatic N) is 1. The van der Waals surface area contributed by atoms with Crippen LogP contribution in [0, 0.1) is 0 Å². The summed E-state index contributed by atoms with van der Waals surface area (Å²) in [4.78, 5) is 0. The van der Waals surface area contributed by atoms with Crippen LogP contribution in [0.4, 0.5) is 0 Å². The van der Waals surface area contributed by atoms with Gasteiger partial charge in [-0.25, -0.2) is 0 Å². The number of benzene rings is 1. The van der Waals surface area contributed by atoms with Crippen LogP contribution < -0.4 is 0 Å². The molecule has 14 heavy (non-hydrogen) atoms. The molecule has 0 bridgehead atoms. The van der Waals surface area contributed by atoms with Crippen molar-refractivity contribution in [3.05, 3.63) is 34.4 Å². The smallest absolute Gasteiger partial charge is 0.0624 e. The van der Waals surface area contributed by atoms with E-state index in [0.717, 1.165) is 5.75 Å². The van der Waals surface area contributed by atoms with Gasteiger partial charge in [0.25, 0.3) is 0 Å². The molecule has 1 nitrogen and oxygen atoms in total. The summed E-state index contributed by atoms with van der Waals surface area (Å²) in [6, 6.07) is 8.58. The monoisotopic (exact) mass is 269 g/mol. The third-order valence-electron chi connectivity index (χ3n) is 2.40. The maximum atomic E-state index is 3.58. The lowest BCUT2D eigenvalue weighted by Gasteiger charge is -2.03. The van der Waals surface area contributed by atoms with E-state index in [1.165, 1.54) is 21.1 Å². The van der Waals surface area contributed by atoms with Gasteiger partial charge in [0.1, 0.15) is 0 Å². The van der Waals surface area contributed by atoms with Crippen molar-refractivity contribution in [1.82, 2.24) is 4.57 Å². The molecular weight excluding hydrogens is 258 g/mol. The molecule has 1 aromatic heterocycles. The first kappa shape index (κ1) is 10.1. The van der Waals surface area contributed by atoms with Gasteiger partial charge >= 0.3 is 0 Å². The van der Waals surface area contributed by atoms with E-state index in [1.807, 2.05) is 11.8 Å². The minimum absolute atomic E-state index is 1.07. The Balaban J connectivity index is 2.68. The number of thioether (sulfide) groups is 1. The molecule has 0 saturated heterocycles. The lowest BCUT2D eigenvalue weighted by atomic mass is 10.2. The Morgan fingerprint density at radius 1 is 1.43 bits per heavy atom. The maximum Gasteiger partial charge on any atom is 0.0624 e. The zero-order chi connectivity index (χ0) is 10.1. The Morgan fingerprint density at radius 3 is 2.86 bits per heavy atom. The molecule has 0 amide bonds. The number of aryl methyl sites for hydroxylation is 1. The second-order valence-corrected chi connectivity index (χ2v) is 5.03. The molecule has 0 unspecified atom stereocenters. The third kappa shape index (κ3) is 1.59. The van der Waals surface area contributed by atoms with Gasteiger partial charge in [-0.15, -0.1) is 0 Å². The molecule has 0 saturated carbocycles. The van der Waals surface area contributed by atoms with Crippen LogP contribution >= 0.6 is 27.7 Å². The fourth-order valence-corrected chi connectivity index (χ4v) is 2.93. The molecule has 0 radical (unpaired) electrons. The fraction of sp³-hybridized carbons (Fsp3) is 0.273. The molecule has 0 aliphatic heterocycles. The van der Waals surface area contributed by atoms with E-state index in [0.29, 0.717) is 0 Å². The second-order valence-electron chi connectivity index (χ2n) is 3.31. The van der Waals surface area contributed by atoms with Crippen molar-refractivity contribution in [2.75, 3.05) is 6.26 Å². The van der Waals surface area contributed by atoms with Crippen molar-refractivity contribution >= 4 is 38.6 Å². The van der Waals surface area contributed by atoms with E-state index in [1.54, 1.807) is 0 Å². The van der Waals surface area contributed by atoms with E-state index in [4.69, 9.17) is 0 Å². The number of para-hydroxylation sites is 1. The largest absolute Gasteiger partial charge is 0.346 e. The highest BCUT2D eigenvalue weighted by Gasteiger charge is 2.07. The van der Waals surface area contributed by atoms with E-state index >= 15 is 0 Å². The molecule has 0 atom stereocenters. The zero-order valence-corrected chi connectivity index (χ0v) is 10.7. The van der Waals surface area contributed by atoms with Gasteiger partial charge in [-0.05, 0) is 34.3 Å². The highest BCUT2D eigenvalue weighted by atomic mass is 79.9. The molecule has 1 heterocycles. The van der Waals surface area contributed by atoms with Crippen LogP contribution in [-0.2, 0) is 12.8 Å². The Bertz CT molecular complexity index is 462. The maximum absolute atomic E-state index is 3.58. The number of hydrogen-bond donors (Lipinski definition) is 0. The van der Waals surface area contributed by atoms with E-state index < -0.39 is 0 Å². The molecule has 2 rings (SSSR count). The summed E-state index contributed by atoms with van der Waals surface area (Å²) in [5, 5.41) is 1.31. The Hall–Kier alpha value is -0.410. The summed E-state index contributed by atoms with van der Waals surface area (Å²) >= 11 is 5.44. The normalized spacial score (nSPS) is 11.1. The molecule has 0 aliphatic carbocycles. The Kier molecular flexibility index (Phi) is 2.88. The molecule has 0 aliphatic rings. The molecule has 74 valence electrons. The van der Waals surface area contributed by atoms with Gasteiger partial charge in [0.15, 0.2) is 0 Å². The molecular formula is C11H12BrNS. The highest BCUT2D eigenvalue weighted by molar-refractivity contribution is 9.10. The summed E-state index contributed by atoms with van der Waals surface area (Å²) in [6.07, 6.45) is 2.13. The standard InChI is InChI=1S/C11H12BrNS/c1-13-9(7-14-2)6-8-4-3-5-10(12)11(8)13/h3-6H,7H2,1-2H3. The Labute approximate surface area is 96.6 Å². The predicted molar refractivity (Wildman–Crippen MR) is 67.8 cm³/mol. The van der Waals surface area contributed by atoms with Crippen LogP contribution in [0.3, 0.4) is 0 Å². The molecule has 0 spiro atoms. The second kappa shape index (κ2) is 3.99. The quantitative estimate of drug-likeness (QED) is 0.803. The molecule has 0 N–H and O–H groups in total. The summed E-state index contributed by atoms with van der Waals surface area (Å²) in [7, 11) is 2.12. The van der Waals surface area contributed by atoms with Crippen LogP contribution in [0.2, 0.25) is 0 Å². The zero-order valence-electron chi connectivity index (χ0n) is 8.25. The lowest BCUT2D eigenvalue weighted by molar-refractivity contribution is 0.908. The number of rotatable bonds is 2. The molecule has 2 aromatic rings. The van der Waals surface area contributed by atoms with Crippen molar-refractivity contribution in [3.8, 4) is 0 Å². The number of hydrogen-bond acceptors (Lipinski definition) is 1. The molecule has 1 aromatic carbocycles. The van der Waals surface area contributed by atoms with Gasteiger partial charge in [-0.2, -0.15) is 11.8 Å². The van der Waals surface area contributed by atoms with Crippen LogP contribution in [0.1, 0.15) is 5.69 Å². The molecule has 3 heteroatoms. The number of fused-ring (bicyclic) bond motifs is 1. The van der Waals surface area contributed by atoms with Crippen LogP contribution in [-0.4, -0.2) is 10.8 Å². The van der Waals surface area contributed by atoms with E-state index in [2.05, 4.69) is 58.1 Å². The minimum Gasteiger partial charge on any atom is -0.346 e. The average molecular weight is 270 g/mol. The number of halogens is 1. The number of aromatic nitrogens is 1. The van der Waals surface area contributed by atoms with Gasteiger partial charge in [0.2, 0.25) is 0 Å².